The van der Waals surface area contributed by atoms with E-state index in [1.54, 1.807) is 0 Å². The van der Waals surface area contributed by atoms with E-state index in [1.165, 1.54) is 11.1 Å². The van der Waals surface area contributed by atoms with E-state index in [1.807, 2.05) is 0 Å². The predicted molar refractivity (Wildman–Crippen MR) is 61.7 cm³/mol. The number of hydrogen-bond acceptors (Lipinski definition) is 0. The fourth-order valence-electron chi connectivity index (χ4n) is 1.43. The van der Waals surface area contributed by atoms with Crippen LogP contribution >= 0.6 is 26.3 Å². The van der Waals surface area contributed by atoms with Gasteiger partial charge in [0.15, 0.2) is 0 Å². The van der Waals surface area contributed by atoms with Gasteiger partial charge in [-0.15, -0.1) is 0 Å². The number of hydrogen-bond donors (Lipinski definition) is 0. The normalized spacial score (nSPS) is 17.3. The summed E-state index contributed by atoms with van der Waals surface area (Å²) in [5.74, 6) is 0.621. The topological polar surface area (TPSA) is 0 Å². The molecule has 1 atom stereocenters. The van der Waals surface area contributed by atoms with Crippen LogP contribution in [0.1, 0.15) is 24.0 Å². The third kappa shape index (κ3) is 3.36. The van der Waals surface area contributed by atoms with E-state index in [2.05, 4.69) is 69.7 Å². The molecule has 13 heavy (non-hydrogen) atoms. The molecule has 2 rings (SSSR count). The Morgan fingerprint density at radius 2 is 1.85 bits per heavy atom. The van der Waals surface area contributed by atoms with Crippen LogP contribution in [-0.2, 0) is 15.0 Å². The van der Waals surface area contributed by atoms with Gasteiger partial charge in [-0.2, -0.15) is 0 Å². The van der Waals surface area contributed by atoms with Crippen molar-refractivity contribution < 1.29 is 15.0 Å². The average molecular weight is 338 g/mol. The fourth-order valence-corrected chi connectivity index (χ4v) is 1.43. The molecule has 1 aliphatic rings. The molecule has 0 N–H and O–H groups in total. The second-order valence-electron chi connectivity index (χ2n) is 2.85. The zero-order chi connectivity index (χ0) is 9.68. The van der Waals surface area contributed by atoms with Crippen molar-refractivity contribution in [3.05, 3.63) is 41.5 Å². The van der Waals surface area contributed by atoms with Gasteiger partial charge in [0.05, 0.1) is 0 Å². The Bertz CT molecular complexity index is 297. The summed E-state index contributed by atoms with van der Waals surface area (Å²) in [6.07, 6.45) is 4.44. The number of benzene rings is 1. The first-order valence-corrected chi connectivity index (χ1v) is 11.7. The van der Waals surface area contributed by atoms with Crippen LogP contribution in [0.15, 0.2) is 30.3 Å². The second kappa shape index (κ2) is 6.18. The molecule has 0 nitrogen and oxygen atoms in total. The Morgan fingerprint density at radius 1 is 1.23 bits per heavy atom. The van der Waals surface area contributed by atoms with E-state index < -0.39 is 0 Å². The molecule has 1 aliphatic carbocycles. The molecule has 0 heterocycles. The minimum absolute atomic E-state index is 0.125. The van der Waals surface area contributed by atoms with E-state index in [-0.39, 0.29) is 15.0 Å². The molecule has 0 bridgehead atoms. The molecule has 3 heteroatoms. The molecule has 0 radical (unpaired) electrons. The van der Waals surface area contributed by atoms with Crippen LogP contribution in [0, 0.1) is 0 Å². The standard InChI is InChI=1S/C10H10.2BrH.Ti/c1-8-6-7-9-4-2-3-5-10(8)9;;;/h2-8H,1H3;2*1H;/q;;;+2/p-2. The maximum atomic E-state index is 3.19. The third-order valence-corrected chi connectivity index (χ3v) is 2.05. The van der Waals surface area contributed by atoms with Crippen LogP contribution in [0.25, 0.3) is 6.08 Å². The number of allylic oxidation sites excluding steroid dienone is 1. The zero-order valence-electron chi connectivity index (χ0n) is 7.30. The molecular weight excluding hydrogens is 328 g/mol. The minimum atomic E-state index is 0.125. The molecule has 1 aromatic carbocycles. The van der Waals surface area contributed by atoms with Gasteiger partial charge in [-0.1, -0.05) is 43.3 Å². The van der Waals surface area contributed by atoms with Crippen LogP contribution < -0.4 is 0 Å². The summed E-state index contributed by atoms with van der Waals surface area (Å²) in [6.45, 7) is 2.22. The van der Waals surface area contributed by atoms with Gasteiger partial charge in [0.25, 0.3) is 0 Å². The monoisotopic (exact) mass is 336 g/mol. The van der Waals surface area contributed by atoms with Crippen molar-refractivity contribution >= 4 is 32.4 Å². The fraction of sp³-hybridized carbons (Fsp3) is 0.200. The van der Waals surface area contributed by atoms with Crippen LogP contribution in [0.4, 0.5) is 0 Å². The van der Waals surface area contributed by atoms with E-state index in [4.69, 9.17) is 0 Å². The van der Waals surface area contributed by atoms with Crippen molar-refractivity contribution in [1.82, 2.24) is 0 Å². The molecule has 0 spiro atoms. The number of halogens is 2. The quantitative estimate of drug-likeness (QED) is 0.611. The molecule has 1 unspecified atom stereocenters. The molecule has 0 amide bonds. The summed E-state index contributed by atoms with van der Waals surface area (Å²) in [4.78, 5) is 0. The van der Waals surface area contributed by atoms with Crippen molar-refractivity contribution in [2.45, 2.75) is 12.8 Å². The SMILES string of the molecule is CC1C=Cc2ccccc21.[Br][Ti][Br]. The van der Waals surface area contributed by atoms with Gasteiger partial charge < -0.3 is 0 Å². The molecule has 1 aromatic rings. The van der Waals surface area contributed by atoms with Gasteiger partial charge in [0.1, 0.15) is 0 Å². The summed E-state index contributed by atoms with van der Waals surface area (Å²) in [5, 5.41) is 0. The van der Waals surface area contributed by atoms with Crippen molar-refractivity contribution in [2.24, 2.45) is 0 Å². The summed E-state index contributed by atoms with van der Waals surface area (Å²) in [7, 11) is 0. The van der Waals surface area contributed by atoms with Crippen molar-refractivity contribution in [3.63, 3.8) is 0 Å². The summed E-state index contributed by atoms with van der Waals surface area (Å²) in [5.41, 5.74) is 2.84. The van der Waals surface area contributed by atoms with Crippen molar-refractivity contribution in [1.29, 1.82) is 0 Å². The van der Waals surface area contributed by atoms with E-state index >= 15 is 0 Å². The average Bonchev–Trinajstić information content (AvgIpc) is 2.50. The Hall–Kier alpha value is 0.634. The maximum absolute atomic E-state index is 3.19. The van der Waals surface area contributed by atoms with Gasteiger partial charge in [-0.25, -0.2) is 0 Å². The molecule has 0 saturated heterocycles. The van der Waals surface area contributed by atoms with Crippen molar-refractivity contribution in [2.75, 3.05) is 0 Å². The van der Waals surface area contributed by atoms with Gasteiger partial charge in [-0.05, 0) is 17.0 Å². The number of fused-ring (bicyclic) bond motifs is 1. The Labute approximate surface area is 101 Å². The van der Waals surface area contributed by atoms with E-state index in [0.29, 0.717) is 5.92 Å². The first-order valence-electron chi connectivity index (χ1n) is 4.03. The van der Waals surface area contributed by atoms with Gasteiger partial charge in [-0.3, -0.25) is 0 Å². The first-order chi connectivity index (χ1) is 6.29. The molecule has 0 fully saturated rings. The first kappa shape index (κ1) is 11.7. The predicted octanol–water partition coefficient (Wildman–Crippen LogP) is 4.51. The third-order valence-electron chi connectivity index (χ3n) is 2.05. The summed E-state index contributed by atoms with van der Waals surface area (Å²) >= 11 is 6.50. The Morgan fingerprint density at radius 3 is 2.46 bits per heavy atom. The summed E-state index contributed by atoms with van der Waals surface area (Å²) in [6, 6.07) is 8.54. The second-order valence-corrected chi connectivity index (χ2v) is 10.7. The molecule has 0 saturated carbocycles. The summed E-state index contributed by atoms with van der Waals surface area (Å²) < 4.78 is 0. The van der Waals surface area contributed by atoms with Gasteiger partial charge in [0.2, 0.25) is 0 Å². The van der Waals surface area contributed by atoms with Crippen LogP contribution in [0.3, 0.4) is 0 Å². The Kier molecular flexibility index (Phi) is 5.57. The van der Waals surface area contributed by atoms with Crippen LogP contribution in [0.5, 0.6) is 0 Å². The number of rotatable bonds is 0. The van der Waals surface area contributed by atoms with Gasteiger partial charge in [0, 0.05) is 0 Å². The van der Waals surface area contributed by atoms with E-state index in [0.717, 1.165) is 0 Å². The van der Waals surface area contributed by atoms with Gasteiger partial charge >= 0.3 is 41.3 Å². The molecule has 0 aliphatic heterocycles. The van der Waals surface area contributed by atoms with Crippen molar-refractivity contribution in [3.8, 4) is 0 Å². The van der Waals surface area contributed by atoms with Crippen LogP contribution in [-0.4, -0.2) is 0 Å². The molecule has 68 valence electrons. The zero-order valence-corrected chi connectivity index (χ0v) is 12.0. The Balaban J connectivity index is 0.000000251. The van der Waals surface area contributed by atoms with Crippen LogP contribution in [0.2, 0.25) is 0 Å². The van der Waals surface area contributed by atoms with E-state index in [9.17, 15) is 0 Å². The molecular formula is C10H10Br2Ti. The molecule has 0 aromatic heterocycles.